The van der Waals surface area contributed by atoms with Crippen LogP contribution in [0.2, 0.25) is 0 Å². The molecule has 1 aromatic heterocycles. The van der Waals surface area contributed by atoms with E-state index in [1.807, 2.05) is 0 Å². The Morgan fingerprint density at radius 1 is 1.20 bits per heavy atom. The van der Waals surface area contributed by atoms with Crippen molar-refractivity contribution >= 4 is 0 Å². The molecular formula is C5H7N3O2. The summed E-state index contributed by atoms with van der Waals surface area (Å²) in [6.07, 6.45) is 1.23. The van der Waals surface area contributed by atoms with Crippen LogP contribution in [-0.2, 0) is 13.2 Å². The second-order valence-electron chi connectivity index (χ2n) is 1.67. The number of hydrogen-bond acceptors (Lipinski definition) is 5. The first-order chi connectivity index (χ1) is 4.88. The van der Waals surface area contributed by atoms with E-state index < -0.39 is 0 Å². The highest BCUT2D eigenvalue weighted by Gasteiger charge is 2.00. The summed E-state index contributed by atoms with van der Waals surface area (Å²) in [4.78, 5) is 3.68. The summed E-state index contributed by atoms with van der Waals surface area (Å²) in [6, 6.07) is 0. The lowest BCUT2D eigenvalue weighted by Crippen LogP contribution is -2.02. The van der Waals surface area contributed by atoms with Gasteiger partial charge in [-0.25, -0.2) is 4.98 Å². The molecule has 0 aliphatic carbocycles. The molecule has 0 radical (unpaired) electrons. The fourth-order valence-corrected chi connectivity index (χ4v) is 0.578. The van der Waals surface area contributed by atoms with Crippen molar-refractivity contribution in [1.82, 2.24) is 15.2 Å². The zero-order valence-corrected chi connectivity index (χ0v) is 5.23. The Hall–Kier alpha value is -1.07. The van der Waals surface area contributed by atoms with Gasteiger partial charge in [0, 0.05) is 0 Å². The summed E-state index contributed by atoms with van der Waals surface area (Å²) >= 11 is 0. The van der Waals surface area contributed by atoms with E-state index in [-0.39, 0.29) is 13.2 Å². The van der Waals surface area contributed by atoms with Crippen molar-refractivity contribution < 1.29 is 10.2 Å². The minimum atomic E-state index is -0.239. The molecule has 1 rings (SSSR count). The molecule has 0 atom stereocenters. The molecule has 54 valence electrons. The van der Waals surface area contributed by atoms with Crippen molar-refractivity contribution in [2.75, 3.05) is 0 Å². The van der Waals surface area contributed by atoms with Crippen LogP contribution in [0.25, 0.3) is 0 Å². The predicted octanol–water partition coefficient (Wildman–Crippen LogP) is -1.14. The second kappa shape index (κ2) is 3.19. The van der Waals surface area contributed by atoms with Gasteiger partial charge in [0.1, 0.15) is 12.0 Å². The standard InChI is InChI=1S/C5H7N3O2/c9-1-4-5(2-10)8-7-3-6-4/h3,9-10H,1-2H2. The summed E-state index contributed by atoms with van der Waals surface area (Å²) in [5, 5.41) is 24.2. The largest absolute Gasteiger partial charge is 0.390 e. The van der Waals surface area contributed by atoms with Crippen molar-refractivity contribution in [3.63, 3.8) is 0 Å². The van der Waals surface area contributed by atoms with Gasteiger partial charge in [-0.05, 0) is 0 Å². The van der Waals surface area contributed by atoms with Crippen LogP contribution >= 0.6 is 0 Å². The van der Waals surface area contributed by atoms with E-state index in [9.17, 15) is 0 Å². The first-order valence-electron chi connectivity index (χ1n) is 2.75. The van der Waals surface area contributed by atoms with Gasteiger partial charge in [0.05, 0.1) is 18.9 Å². The van der Waals surface area contributed by atoms with Gasteiger partial charge in [0.25, 0.3) is 0 Å². The van der Waals surface area contributed by atoms with Gasteiger partial charge < -0.3 is 10.2 Å². The smallest absolute Gasteiger partial charge is 0.138 e. The summed E-state index contributed by atoms with van der Waals surface area (Å²) in [7, 11) is 0. The van der Waals surface area contributed by atoms with Crippen LogP contribution in [0.15, 0.2) is 6.33 Å². The quantitative estimate of drug-likeness (QED) is 0.544. The van der Waals surface area contributed by atoms with Gasteiger partial charge in [-0.1, -0.05) is 0 Å². The highest BCUT2D eigenvalue weighted by Crippen LogP contribution is 1.97. The molecule has 5 heteroatoms. The lowest BCUT2D eigenvalue weighted by atomic mass is 10.3. The minimum Gasteiger partial charge on any atom is -0.390 e. The van der Waals surface area contributed by atoms with Gasteiger partial charge in [-0.3, -0.25) is 0 Å². The monoisotopic (exact) mass is 141 g/mol. The Balaban J connectivity index is 2.96. The van der Waals surface area contributed by atoms with Crippen molar-refractivity contribution in [3.05, 3.63) is 17.7 Å². The van der Waals surface area contributed by atoms with Crippen LogP contribution in [0.4, 0.5) is 0 Å². The lowest BCUT2D eigenvalue weighted by molar-refractivity contribution is 0.250. The summed E-state index contributed by atoms with van der Waals surface area (Å²) in [5.74, 6) is 0. The molecule has 1 heterocycles. The van der Waals surface area contributed by atoms with Crippen LogP contribution in [0.3, 0.4) is 0 Å². The van der Waals surface area contributed by atoms with E-state index in [4.69, 9.17) is 10.2 Å². The maximum atomic E-state index is 8.61. The molecule has 5 nitrogen and oxygen atoms in total. The molecular weight excluding hydrogens is 134 g/mol. The third-order valence-corrected chi connectivity index (χ3v) is 1.08. The van der Waals surface area contributed by atoms with E-state index in [1.165, 1.54) is 6.33 Å². The Morgan fingerprint density at radius 2 is 1.90 bits per heavy atom. The minimum absolute atomic E-state index is 0.217. The van der Waals surface area contributed by atoms with Crippen LogP contribution in [0.5, 0.6) is 0 Å². The van der Waals surface area contributed by atoms with Gasteiger partial charge in [-0.2, -0.15) is 0 Å². The fourth-order valence-electron chi connectivity index (χ4n) is 0.578. The second-order valence-corrected chi connectivity index (χ2v) is 1.67. The predicted molar refractivity (Wildman–Crippen MR) is 31.7 cm³/mol. The number of aliphatic hydroxyl groups excluding tert-OH is 2. The molecule has 1 aromatic rings. The molecule has 0 fully saturated rings. The number of rotatable bonds is 2. The third kappa shape index (κ3) is 1.26. The molecule has 2 N–H and O–H groups in total. The van der Waals surface area contributed by atoms with E-state index in [0.717, 1.165) is 0 Å². The lowest BCUT2D eigenvalue weighted by Gasteiger charge is -1.97. The molecule has 0 spiro atoms. The number of aliphatic hydroxyl groups is 2. The van der Waals surface area contributed by atoms with Crippen molar-refractivity contribution in [2.45, 2.75) is 13.2 Å². The first kappa shape index (κ1) is 7.04. The molecule has 0 amide bonds. The molecule has 0 saturated heterocycles. The number of hydrogen-bond donors (Lipinski definition) is 2. The summed E-state index contributed by atoms with van der Waals surface area (Å²) in [6.45, 7) is -0.456. The van der Waals surface area contributed by atoms with Crippen molar-refractivity contribution in [1.29, 1.82) is 0 Å². The van der Waals surface area contributed by atoms with Crippen LogP contribution in [0, 0.1) is 0 Å². The zero-order valence-electron chi connectivity index (χ0n) is 5.23. The van der Waals surface area contributed by atoms with Crippen LogP contribution < -0.4 is 0 Å². The third-order valence-electron chi connectivity index (χ3n) is 1.08. The molecule has 0 aliphatic rings. The van der Waals surface area contributed by atoms with Gasteiger partial charge in [0.2, 0.25) is 0 Å². The molecule has 10 heavy (non-hydrogen) atoms. The van der Waals surface area contributed by atoms with E-state index in [0.29, 0.717) is 11.4 Å². The molecule has 0 bridgehead atoms. The Morgan fingerprint density at radius 3 is 2.40 bits per heavy atom. The number of nitrogens with zero attached hydrogens (tertiary/aromatic N) is 3. The van der Waals surface area contributed by atoms with Crippen LogP contribution in [-0.4, -0.2) is 25.4 Å². The first-order valence-corrected chi connectivity index (χ1v) is 2.75. The highest BCUT2D eigenvalue weighted by atomic mass is 16.3. The van der Waals surface area contributed by atoms with Gasteiger partial charge in [0.15, 0.2) is 0 Å². The maximum Gasteiger partial charge on any atom is 0.138 e. The fraction of sp³-hybridized carbons (Fsp3) is 0.400. The SMILES string of the molecule is OCc1ncnnc1CO. The molecule has 0 aromatic carbocycles. The van der Waals surface area contributed by atoms with Gasteiger partial charge >= 0.3 is 0 Å². The van der Waals surface area contributed by atoms with E-state index >= 15 is 0 Å². The molecule has 0 aliphatic heterocycles. The number of aromatic nitrogens is 3. The Bertz CT molecular complexity index is 193. The topological polar surface area (TPSA) is 79.1 Å². The van der Waals surface area contributed by atoms with Crippen molar-refractivity contribution in [3.8, 4) is 0 Å². The molecule has 0 unspecified atom stereocenters. The maximum absolute atomic E-state index is 8.61. The average Bonchev–Trinajstić information content (AvgIpc) is 2.04. The molecule has 0 saturated carbocycles. The van der Waals surface area contributed by atoms with E-state index in [1.54, 1.807) is 0 Å². The zero-order chi connectivity index (χ0) is 7.40. The summed E-state index contributed by atoms with van der Waals surface area (Å²) in [5.41, 5.74) is 0.697. The summed E-state index contributed by atoms with van der Waals surface area (Å²) < 4.78 is 0. The Labute approximate surface area is 57.4 Å². The normalized spacial score (nSPS) is 9.80. The van der Waals surface area contributed by atoms with Crippen LogP contribution in [0.1, 0.15) is 11.4 Å². The van der Waals surface area contributed by atoms with Gasteiger partial charge in [-0.15, -0.1) is 10.2 Å². The average molecular weight is 141 g/mol. The Kier molecular flexibility index (Phi) is 2.24. The van der Waals surface area contributed by atoms with E-state index in [2.05, 4.69) is 15.2 Å². The highest BCUT2D eigenvalue weighted by molar-refractivity contribution is 5.05. The van der Waals surface area contributed by atoms with Crippen molar-refractivity contribution in [2.24, 2.45) is 0 Å².